The van der Waals surface area contributed by atoms with Crippen LogP contribution in [0.4, 0.5) is 15.8 Å². The quantitative estimate of drug-likeness (QED) is 0.258. The van der Waals surface area contributed by atoms with Crippen molar-refractivity contribution < 1.29 is 9.31 Å². The van der Waals surface area contributed by atoms with Crippen LogP contribution < -0.4 is 19.7 Å². The Morgan fingerprint density at radius 1 is 1.02 bits per heavy atom. The summed E-state index contributed by atoms with van der Waals surface area (Å²) in [5.74, 6) is 0.735. The molecule has 4 heterocycles. The molecular weight excluding hydrogens is 557 g/mol. The molecule has 0 bridgehead atoms. The van der Waals surface area contributed by atoms with Crippen LogP contribution in [0.3, 0.4) is 0 Å². The standard InChI is InChI=1S/C30H28FN7O3S/c31-21-9-11-22(12-10-21)37-29(39)26(18-20-8-13-24(25(17-20)38(40)41)35-14-4-2-5-15-35)42-30(37)23(19-32)28-34-33-27-7-3-1-6-16-36(27)28/h8-13,17-18H,1-7,14-16H2/b26-18+,30-23-. The van der Waals surface area contributed by atoms with E-state index in [9.17, 15) is 24.6 Å². The molecule has 0 atom stereocenters. The Morgan fingerprint density at radius 3 is 2.50 bits per heavy atom. The van der Waals surface area contributed by atoms with Crippen LogP contribution in [0.25, 0.3) is 17.3 Å². The van der Waals surface area contributed by atoms with Crippen molar-refractivity contribution in [3.8, 4) is 11.8 Å². The lowest BCUT2D eigenvalue weighted by atomic mass is 10.1. The van der Waals surface area contributed by atoms with E-state index in [-0.39, 0.29) is 15.8 Å². The van der Waals surface area contributed by atoms with E-state index in [1.807, 2.05) is 9.47 Å². The molecule has 10 nitrogen and oxygen atoms in total. The molecule has 0 unspecified atom stereocenters. The molecule has 0 spiro atoms. The molecule has 0 radical (unpaired) electrons. The first-order valence-corrected chi connectivity index (χ1v) is 14.9. The number of aryl methyl sites for hydroxylation is 1. The maximum Gasteiger partial charge on any atom is 0.293 e. The van der Waals surface area contributed by atoms with Crippen molar-refractivity contribution in [2.45, 2.75) is 51.5 Å². The monoisotopic (exact) mass is 585 g/mol. The highest BCUT2D eigenvalue weighted by molar-refractivity contribution is 7.07. The molecule has 0 saturated carbocycles. The van der Waals surface area contributed by atoms with Gasteiger partial charge < -0.3 is 9.47 Å². The SMILES string of the molecule is N#C/C(c1nnc2n1CCCCC2)=c1/s/c(=C/c2ccc(N3CCCCC3)c([N+](=O)[O-])c2)c(=O)n1-c1ccc(F)cc1. The third kappa shape index (κ3) is 5.23. The maximum atomic E-state index is 13.9. The second-order valence-electron chi connectivity index (χ2n) is 10.5. The van der Waals surface area contributed by atoms with Gasteiger partial charge in [-0.3, -0.25) is 19.5 Å². The van der Waals surface area contributed by atoms with Gasteiger partial charge in [0.1, 0.15) is 33.6 Å². The van der Waals surface area contributed by atoms with E-state index < -0.39 is 16.3 Å². The molecule has 4 aromatic rings. The summed E-state index contributed by atoms with van der Waals surface area (Å²) in [5, 5.41) is 31.0. The van der Waals surface area contributed by atoms with E-state index in [1.165, 1.54) is 34.9 Å². The summed E-state index contributed by atoms with van der Waals surface area (Å²) in [6, 6.07) is 12.7. The van der Waals surface area contributed by atoms with Gasteiger partial charge in [-0.05, 0) is 74.1 Å². The molecule has 2 aromatic carbocycles. The zero-order chi connectivity index (χ0) is 29.2. The van der Waals surface area contributed by atoms with Crippen LogP contribution in [0.1, 0.15) is 55.7 Å². The van der Waals surface area contributed by atoms with Crippen molar-refractivity contribution in [2.24, 2.45) is 0 Å². The molecule has 0 N–H and O–H groups in total. The van der Waals surface area contributed by atoms with Gasteiger partial charge in [0.2, 0.25) is 0 Å². The van der Waals surface area contributed by atoms with Crippen LogP contribution in [-0.4, -0.2) is 37.3 Å². The third-order valence-electron chi connectivity index (χ3n) is 7.76. The number of hydrogen-bond donors (Lipinski definition) is 0. The van der Waals surface area contributed by atoms with Gasteiger partial charge in [-0.25, -0.2) is 4.39 Å². The number of benzene rings is 2. The minimum absolute atomic E-state index is 0.0169. The summed E-state index contributed by atoms with van der Waals surface area (Å²) in [6.45, 7) is 2.19. The fraction of sp³-hybridized carbons (Fsp3) is 0.333. The van der Waals surface area contributed by atoms with Gasteiger partial charge in [-0.1, -0.05) is 12.5 Å². The van der Waals surface area contributed by atoms with Gasteiger partial charge in [0, 0.05) is 32.1 Å². The topological polar surface area (TPSA) is 123 Å². The average Bonchev–Trinajstić information content (AvgIpc) is 3.44. The summed E-state index contributed by atoms with van der Waals surface area (Å²) in [5.41, 5.74) is 1.20. The normalized spacial score (nSPS) is 16.5. The summed E-state index contributed by atoms with van der Waals surface area (Å²) < 4.78 is 17.7. The van der Waals surface area contributed by atoms with E-state index in [0.29, 0.717) is 34.0 Å². The smallest absolute Gasteiger partial charge is 0.293 e. The zero-order valence-electron chi connectivity index (χ0n) is 22.8. The second-order valence-corrected chi connectivity index (χ2v) is 11.5. The lowest BCUT2D eigenvalue weighted by Crippen LogP contribution is -2.31. The maximum absolute atomic E-state index is 13.9. The van der Waals surface area contributed by atoms with Crippen molar-refractivity contribution in [3.05, 3.63) is 95.2 Å². The number of anilines is 1. The van der Waals surface area contributed by atoms with Crippen LogP contribution in [0.2, 0.25) is 0 Å². The molecule has 2 aromatic heterocycles. The van der Waals surface area contributed by atoms with Crippen molar-refractivity contribution in [3.63, 3.8) is 0 Å². The van der Waals surface area contributed by atoms with Crippen molar-refractivity contribution in [1.29, 1.82) is 5.26 Å². The van der Waals surface area contributed by atoms with E-state index in [4.69, 9.17) is 0 Å². The highest BCUT2D eigenvalue weighted by Gasteiger charge is 2.23. The summed E-state index contributed by atoms with van der Waals surface area (Å²) >= 11 is 1.09. The van der Waals surface area contributed by atoms with E-state index >= 15 is 0 Å². The second kappa shape index (κ2) is 11.7. The van der Waals surface area contributed by atoms with Crippen LogP contribution in [0.15, 0.2) is 47.3 Å². The van der Waals surface area contributed by atoms with Gasteiger partial charge in [0.15, 0.2) is 5.82 Å². The van der Waals surface area contributed by atoms with Gasteiger partial charge in [-0.2, -0.15) is 5.26 Å². The first-order chi connectivity index (χ1) is 20.4. The van der Waals surface area contributed by atoms with Crippen LogP contribution in [0.5, 0.6) is 0 Å². The highest BCUT2D eigenvalue weighted by Crippen LogP contribution is 2.31. The first-order valence-electron chi connectivity index (χ1n) is 14.0. The molecule has 12 heteroatoms. The number of nitro groups is 1. The molecule has 6 rings (SSSR count). The number of rotatable bonds is 5. The number of nitriles is 1. The highest BCUT2D eigenvalue weighted by atomic mass is 32.1. The zero-order valence-corrected chi connectivity index (χ0v) is 23.6. The number of halogens is 1. The number of piperidine rings is 1. The average molecular weight is 586 g/mol. The van der Waals surface area contributed by atoms with Gasteiger partial charge in [0.25, 0.3) is 11.2 Å². The first kappa shape index (κ1) is 27.5. The summed E-state index contributed by atoms with van der Waals surface area (Å²) in [4.78, 5) is 27.6. The number of nitro benzene ring substituents is 1. The fourth-order valence-electron chi connectivity index (χ4n) is 5.67. The van der Waals surface area contributed by atoms with Crippen molar-refractivity contribution in [2.75, 3.05) is 18.0 Å². The Balaban J connectivity index is 1.56. The van der Waals surface area contributed by atoms with Crippen LogP contribution in [-0.2, 0) is 13.0 Å². The molecule has 2 aliphatic heterocycles. The van der Waals surface area contributed by atoms with Gasteiger partial charge >= 0.3 is 0 Å². The fourth-order valence-corrected chi connectivity index (χ4v) is 6.77. The van der Waals surface area contributed by atoms with E-state index in [2.05, 4.69) is 16.3 Å². The number of aromatic nitrogens is 4. The molecule has 0 aliphatic carbocycles. The third-order valence-corrected chi connectivity index (χ3v) is 8.85. The number of nitrogens with zero attached hydrogens (tertiary/aromatic N) is 7. The predicted octanol–water partition coefficient (Wildman–Crippen LogP) is 3.81. The van der Waals surface area contributed by atoms with Gasteiger partial charge in [0.05, 0.1) is 15.1 Å². The van der Waals surface area contributed by atoms with Crippen LogP contribution in [0, 0.1) is 27.3 Å². The minimum atomic E-state index is -0.455. The number of thiazole rings is 1. The summed E-state index contributed by atoms with van der Waals surface area (Å²) in [6.07, 6.45) is 8.40. The number of fused-ring (bicyclic) bond motifs is 1. The van der Waals surface area contributed by atoms with Gasteiger partial charge in [-0.15, -0.1) is 21.5 Å². The Bertz CT molecular complexity index is 1880. The molecule has 42 heavy (non-hydrogen) atoms. The Kier molecular flexibility index (Phi) is 7.67. The van der Waals surface area contributed by atoms with E-state index in [0.717, 1.165) is 75.2 Å². The van der Waals surface area contributed by atoms with E-state index in [1.54, 1.807) is 18.2 Å². The van der Waals surface area contributed by atoms with Crippen molar-refractivity contribution >= 4 is 34.4 Å². The Labute approximate surface area is 244 Å². The molecule has 1 saturated heterocycles. The number of hydrogen-bond acceptors (Lipinski definition) is 8. The lowest BCUT2D eigenvalue weighted by Gasteiger charge is -2.28. The predicted molar refractivity (Wildman–Crippen MR) is 158 cm³/mol. The Hall–Kier alpha value is -4.63. The van der Waals surface area contributed by atoms with Crippen LogP contribution >= 0.6 is 11.3 Å². The Morgan fingerprint density at radius 2 is 1.76 bits per heavy atom. The largest absolute Gasteiger partial charge is 0.366 e. The molecule has 0 amide bonds. The molecule has 2 aliphatic rings. The minimum Gasteiger partial charge on any atom is -0.366 e. The lowest BCUT2D eigenvalue weighted by molar-refractivity contribution is -0.384. The molecular formula is C30H28FN7O3S. The molecule has 214 valence electrons. The summed E-state index contributed by atoms with van der Waals surface area (Å²) in [7, 11) is 0. The van der Waals surface area contributed by atoms with Crippen molar-refractivity contribution in [1.82, 2.24) is 19.3 Å². The molecule has 1 fully saturated rings.